The fraction of sp³-hybridized carbons (Fsp3) is 0.400. The van der Waals surface area contributed by atoms with E-state index in [-0.39, 0.29) is 5.66 Å². The maximum absolute atomic E-state index is 5.98. The third-order valence-corrected chi connectivity index (χ3v) is 3.99. The van der Waals surface area contributed by atoms with Crippen LogP contribution in [0.3, 0.4) is 0 Å². The molecule has 3 heterocycles. The molecule has 3 rings (SSSR count). The number of hydrogen-bond acceptors (Lipinski definition) is 5. The molecule has 0 saturated carbocycles. The first-order chi connectivity index (χ1) is 9.70. The van der Waals surface area contributed by atoms with Crippen molar-refractivity contribution in [3.8, 4) is 0 Å². The Bertz CT molecular complexity index is 534. The summed E-state index contributed by atoms with van der Waals surface area (Å²) in [5.74, 6) is 0. The number of pyridine rings is 1. The van der Waals surface area contributed by atoms with E-state index < -0.39 is 0 Å². The maximum Gasteiger partial charge on any atom is 0.115 e. The molecular formula is C15H20N4O. The van der Waals surface area contributed by atoms with Crippen molar-refractivity contribution in [2.24, 2.45) is 5.73 Å². The molecule has 0 radical (unpaired) electrons. The van der Waals surface area contributed by atoms with E-state index in [1.807, 2.05) is 36.8 Å². The number of hydrogen-bond donors (Lipinski definition) is 2. The van der Waals surface area contributed by atoms with Gasteiger partial charge in [0.2, 0.25) is 0 Å². The molecule has 2 aliphatic rings. The summed E-state index contributed by atoms with van der Waals surface area (Å²) < 4.78 is 5.46. The Morgan fingerprint density at radius 3 is 2.70 bits per heavy atom. The summed E-state index contributed by atoms with van der Waals surface area (Å²) in [7, 11) is 0. The molecule has 0 spiro atoms. The minimum atomic E-state index is -0.270. The monoisotopic (exact) mass is 272 g/mol. The summed E-state index contributed by atoms with van der Waals surface area (Å²) in [6.07, 6.45) is 7.54. The zero-order chi connectivity index (χ0) is 14.0. The first kappa shape index (κ1) is 13.1. The number of nitrogens with zero attached hydrogens (tertiary/aromatic N) is 2. The average molecular weight is 272 g/mol. The lowest BCUT2D eigenvalue weighted by Gasteiger charge is -2.46. The lowest BCUT2D eigenvalue weighted by molar-refractivity contribution is -0.00391. The maximum atomic E-state index is 5.98. The van der Waals surface area contributed by atoms with E-state index in [0.717, 1.165) is 37.6 Å². The molecule has 1 unspecified atom stereocenters. The summed E-state index contributed by atoms with van der Waals surface area (Å²) in [6, 6.07) is 4.04. The topological polar surface area (TPSA) is 63.4 Å². The number of nitrogens with two attached hydrogens (primary N) is 1. The van der Waals surface area contributed by atoms with E-state index >= 15 is 0 Å². The Balaban J connectivity index is 1.99. The minimum absolute atomic E-state index is 0.270. The molecule has 106 valence electrons. The van der Waals surface area contributed by atoms with E-state index in [1.165, 1.54) is 5.57 Å². The van der Waals surface area contributed by atoms with Crippen molar-refractivity contribution in [3.05, 3.63) is 48.1 Å². The lowest BCUT2D eigenvalue weighted by atomic mass is 9.89. The molecule has 1 aromatic rings. The predicted octanol–water partition coefficient (Wildman–Crippen LogP) is 0.917. The summed E-state index contributed by atoms with van der Waals surface area (Å²) in [5, 5.41) is 3.46. The van der Waals surface area contributed by atoms with Gasteiger partial charge in [-0.15, -0.1) is 0 Å². The van der Waals surface area contributed by atoms with Crippen LogP contribution in [0.25, 0.3) is 5.57 Å². The first-order valence-electron chi connectivity index (χ1n) is 6.89. The summed E-state index contributed by atoms with van der Waals surface area (Å²) in [5.41, 5.74) is 8.75. The SMILES string of the molecule is CC1(N2CCOCC2)NC=C(N)C=C1c1ccncc1. The van der Waals surface area contributed by atoms with Gasteiger partial charge in [0.05, 0.1) is 13.2 Å². The van der Waals surface area contributed by atoms with Crippen molar-refractivity contribution in [1.82, 2.24) is 15.2 Å². The average Bonchev–Trinajstić information content (AvgIpc) is 2.51. The van der Waals surface area contributed by atoms with E-state index in [1.54, 1.807) is 0 Å². The molecule has 0 aliphatic carbocycles. The van der Waals surface area contributed by atoms with Crippen LogP contribution >= 0.6 is 0 Å². The quantitative estimate of drug-likeness (QED) is 0.838. The molecular weight excluding hydrogens is 252 g/mol. The van der Waals surface area contributed by atoms with Crippen LogP contribution in [-0.2, 0) is 4.74 Å². The Kier molecular flexibility index (Phi) is 3.46. The van der Waals surface area contributed by atoms with Gasteiger partial charge in [-0.2, -0.15) is 0 Å². The number of dihydropyridines is 1. The fourth-order valence-corrected chi connectivity index (χ4v) is 2.82. The molecule has 0 amide bonds. The minimum Gasteiger partial charge on any atom is -0.398 e. The van der Waals surface area contributed by atoms with Gasteiger partial charge in [0.15, 0.2) is 0 Å². The van der Waals surface area contributed by atoms with Gasteiger partial charge >= 0.3 is 0 Å². The van der Waals surface area contributed by atoms with E-state index in [0.29, 0.717) is 0 Å². The largest absolute Gasteiger partial charge is 0.398 e. The highest BCUT2D eigenvalue weighted by molar-refractivity contribution is 5.75. The second-order valence-corrected chi connectivity index (χ2v) is 5.25. The van der Waals surface area contributed by atoms with Crippen LogP contribution in [0.15, 0.2) is 42.5 Å². The Morgan fingerprint density at radius 2 is 2.00 bits per heavy atom. The predicted molar refractivity (Wildman–Crippen MR) is 78.4 cm³/mol. The van der Waals surface area contributed by atoms with E-state index in [9.17, 15) is 0 Å². The van der Waals surface area contributed by atoms with Crippen LogP contribution in [-0.4, -0.2) is 41.9 Å². The molecule has 20 heavy (non-hydrogen) atoms. The Hall–Kier alpha value is -1.85. The third kappa shape index (κ3) is 2.30. The molecule has 1 fully saturated rings. The molecule has 5 heteroatoms. The summed E-state index contributed by atoms with van der Waals surface area (Å²) in [4.78, 5) is 6.49. The van der Waals surface area contributed by atoms with Crippen LogP contribution in [0.4, 0.5) is 0 Å². The fourth-order valence-electron chi connectivity index (χ4n) is 2.82. The molecule has 3 N–H and O–H groups in total. The lowest BCUT2D eigenvalue weighted by Crippen LogP contribution is -2.60. The normalized spacial score (nSPS) is 27.4. The van der Waals surface area contributed by atoms with Crippen LogP contribution in [0.1, 0.15) is 12.5 Å². The number of rotatable bonds is 2. The second-order valence-electron chi connectivity index (χ2n) is 5.25. The Labute approximate surface area is 119 Å². The molecule has 0 bridgehead atoms. The van der Waals surface area contributed by atoms with Crippen molar-refractivity contribution in [2.45, 2.75) is 12.6 Å². The zero-order valence-corrected chi connectivity index (χ0v) is 11.7. The van der Waals surface area contributed by atoms with Gasteiger partial charge in [-0.05, 0) is 30.7 Å². The van der Waals surface area contributed by atoms with Crippen molar-refractivity contribution in [2.75, 3.05) is 26.3 Å². The van der Waals surface area contributed by atoms with Gasteiger partial charge in [0, 0.05) is 43.0 Å². The first-order valence-corrected chi connectivity index (χ1v) is 6.89. The third-order valence-electron chi connectivity index (χ3n) is 3.99. The smallest absolute Gasteiger partial charge is 0.115 e. The van der Waals surface area contributed by atoms with Crippen LogP contribution < -0.4 is 11.1 Å². The van der Waals surface area contributed by atoms with Gasteiger partial charge in [-0.3, -0.25) is 9.88 Å². The number of allylic oxidation sites excluding steroid dienone is 1. The highest BCUT2D eigenvalue weighted by atomic mass is 16.5. The van der Waals surface area contributed by atoms with Crippen LogP contribution in [0, 0.1) is 0 Å². The number of aromatic nitrogens is 1. The molecule has 1 saturated heterocycles. The summed E-state index contributed by atoms with van der Waals surface area (Å²) in [6.45, 7) is 5.52. The second kappa shape index (κ2) is 5.26. The van der Waals surface area contributed by atoms with E-state index in [4.69, 9.17) is 10.5 Å². The van der Waals surface area contributed by atoms with Crippen LogP contribution in [0.5, 0.6) is 0 Å². The molecule has 5 nitrogen and oxygen atoms in total. The van der Waals surface area contributed by atoms with E-state index in [2.05, 4.69) is 22.1 Å². The highest BCUT2D eigenvalue weighted by Crippen LogP contribution is 2.33. The molecule has 1 aromatic heterocycles. The number of ether oxygens (including phenoxy) is 1. The van der Waals surface area contributed by atoms with Gasteiger partial charge in [-0.1, -0.05) is 0 Å². The van der Waals surface area contributed by atoms with Gasteiger partial charge < -0.3 is 15.8 Å². The molecule has 2 aliphatic heterocycles. The van der Waals surface area contributed by atoms with Crippen molar-refractivity contribution in [1.29, 1.82) is 0 Å². The standard InChI is InChI=1S/C15H20N4O/c1-15(19-6-8-20-9-7-19)14(10-13(16)11-18-15)12-2-4-17-5-3-12/h2-5,10-11,18H,6-9,16H2,1H3. The molecule has 0 aromatic carbocycles. The zero-order valence-electron chi connectivity index (χ0n) is 11.7. The van der Waals surface area contributed by atoms with Crippen LogP contribution in [0.2, 0.25) is 0 Å². The number of nitrogens with one attached hydrogen (secondary N) is 1. The number of morpholine rings is 1. The summed E-state index contributed by atoms with van der Waals surface area (Å²) >= 11 is 0. The van der Waals surface area contributed by atoms with Crippen molar-refractivity contribution < 1.29 is 4.74 Å². The van der Waals surface area contributed by atoms with Crippen molar-refractivity contribution in [3.63, 3.8) is 0 Å². The van der Waals surface area contributed by atoms with Gasteiger partial charge in [-0.25, -0.2) is 0 Å². The van der Waals surface area contributed by atoms with Gasteiger partial charge in [0.25, 0.3) is 0 Å². The highest BCUT2D eigenvalue weighted by Gasteiger charge is 2.38. The van der Waals surface area contributed by atoms with Gasteiger partial charge in [0.1, 0.15) is 5.66 Å². The molecule has 1 atom stereocenters. The Morgan fingerprint density at radius 1 is 1.30 bits per heavy atom. The van der Waals surface area contributed by atoms with Crippen molar-refractivity contribution >= 4 is 5.57 Å².